The van der Waals surface area contributed by atoms with Gasteiger partial charge in [0.05, 0.1) is 0 Å². The first kappa shape index (κ1) is 13.3. The zero-order chi connectivity index (χ0) is 10.1. The first-order valence-corrected chi connectivity index (χ1v) is 3.80. The highest BCUT2D eigenvalue weighted by molar-refractivity contribution is 5.85. The normalized spacial score (nSPS) is 13.2. The van der Waals surface area contributed by atoms with Gasteiger partial charge in [0.15, 0.2) is 0 Å². The van der Waals surface area contributed by atoms with Crippen molar-refractivity contribution < 1.29 is 13.2 Å². The molecule has 1 aromatic rings. The van der Waals surface area contributed by atoms with Gasteiger partial charge in [-0.3, -0.25) is 0 Å². The van der Waals surface area contributed by atoms with Gasteiger partial charge in [0.1, 0.15) is 6.04 Å². The molecule has 1 nitrogen and oxygen atoms in total. The Hall–Kier alpha value is -0.740. The molecule has 0 aromatic heterocycles. The number of benzene rings is 1. The molecular weight excluding hydrogens is 215 g/mol. The molecule has 1 aromatic carbocycles. The van der Waals surface area contributed by atoms with Crippen LogP contribution in [0.3, 0.4) is 0 Å². The van der Waals surface area contributed by atoms with Gasteiger partial charge in [-0.2, -0.15) is 13.2 Å². The number of alkyl halides is 3. The Balaban J connectivity index is 0.00000169. The summed E-state index contributed by atoms with van der Waals surface area (Å²) in [6.07, 6.45) is -4.37. The molecule has 1 rings (SSSR count). The maximum Gasteiger partial charge on any atom is 0.407 e. The Morgan fingerprint density at radius 1 is 1.29 bits per heavy atom. The molecular formula is C9H11ClF3N. The third kappa shape index (κ3) is 3.20. The number of nitrogens with two attached hydrogens (primary N) is 1. The van der Waals surface area contributed by atoms with Crippen LogP contribution in [0.1, 0.15) is 17.2 Å². The third-order valence-electron chi connectivity index (χ3n) is 1.75. The second-order valence-corrected chi connectivity index (χ2v) is 2.93. The summed E-state index contributed by atoms with van der Waals surface area (Å²) in [5.74, 6) is 0. The fraction of sp³-hybridized carbons (Fsp3) is 0.333. The van der Waals surface area contributed by atoms with Crippen molar-refractivity contribution in [2.75, 3.05) is 0 Å². The number of hydrogen-bond donors (Lipinski definition) is 1. The molecule has 14 heavy (non-hydrogen) atoms. The van der Waals surface area contributed by atoms with Gasteiger partial charge in [0.25, 0.3) is 0 Å². The van der Waals surface area contributed by atoms with E-state index in [0.29, 0.717) is 0 Å². The lowest BCUT2D eigenvalue weighted by Gasteiger charge is -2.15. The molecule has 0 amide bonds. The van der Waals surface area contributed by atoms with Crippen LogP contribution in [-0.2, 0) is 0 Å². The van der Waals surface area contributed by atoms with Crippen LogP contribution in [0.25, 0.3) is 0 Å². The standard InChI is InChI=1S/C9H10F3N.ClH/c1-6-3-2-4-7(5-6)8(13)9(10,11)12;/h2-5,8H,13H2,1H3;1H. The van der Waals surface area contributed by atoms with Crippen LogP contribution in [0.2, 0.25) is 0 Å². The van der Waals surface area contributed by atoms with Crippen LogP contribution in [0.15, 0.2) is 24.3 Å². The van der Waals surface area contributed by atoms with E-state index in [4.69, 9.17) is 5.73 Å². The summed E-state index contributed by atoms with van der Waals surface area (Å²) >= 11 is 0. The minimum atomic E-state index is -4.37. The summed E-state index contributed by atoms with van der Waals surface area (Å²) in [4.78, 5) is 0. The average molecular weight is 226 g/mol. The topological polar surface area (TPSA) is 26.0 Å². The summed E-state index contributed by atoms with van der Waals surface area (Å²) < 4.78 is 36.4. The van der Waals surface area contributed by atoms with Gasteiger partial charge in [-0.05, 0) is 12.5 Å². The van der Waals surface area contributed by atoms with E-state index in [2.05, 4.69) is 0 Å². The van der Waals surface area contributed by atoms with Crippen LogP contribution in [-0.4, -0.2) is 6.18 Å². The predicted octanol–water partition coefficient (Wildman–Crippen LogP) is 2.98. The lowest BCUT2D eigenvalue weighted by molar-refractivity contribution is -0.149. The van der Waals surface area contributed by atoms with E-state index in [1.54, 1.807) is 19.1 Å². The van der Waals surface area contributed by atoms with Crippen molar-refractivity contribution in [2.24, 2.45) is 5.73 Å². The van der Waals surface area contributed by atoms with Crippen molar-refractivity contribution in [1.82, 2.24) is 0 Å². The molecule has 0 saturated carbocycles. The molecule has 0 aliphatic heterocycles. The van der Waals surface area contributed by atoms with Crippen LogP contribution in [0.4, 0.5) is 13.2 Å². The largest absolute Gasteiger partial charge is 0.407 e. The zero-order valence-corrected chi connectivity index (χ0v) is 8.32. The fourth-order valence-corrected chi connectivity index (χ4v) is 1.05. The van der Waals surface area contributed by atoms with Crippen molar-refractivity contribution in [3.63, 3.8) is 0 Å². The van der Waals surface area contributed by atoms with E-state index < -0.39 is 12.2 Å². The molecule has 0 aliphatic rings. The smallest absolute Gasteiger partial charge is 0.316 e. The number of rotatable bonds is 1. The van der Waals surface area contributed by atoms with Crippen LogP contribution >= 0.6 is 12.4 Å². The maximum absolute atomic E-state index is 12.1. The molecule has 0 bridgehead atoms. The highest BCUT2D eigenvalue weighted by Crippen LogP contribution is 2.30. The molecule has 1 atom stereocenters. The molecule has 0 radical (unpaired) electrons. The summed E-state index contributed by atoms with van der Waals surface area (Å²) in [7, 11) is 0. The van der Waals surface area contributed by atoms with Crippen LogP contribution in [0, 0.1) is 6.92 Å². The second kappa shape index (κ2) is 4.66. The summed E-state index contributed by atoms with van der Waals surface area (Å²) in [6, 6.07) is 4.24. The van der Waals surface area contributed by atoms with Gasteiger partial charge in [-0.15, -0.1) is 12.4 Å². The SMILES string of the molecule is Cc1cccc(C(N)C(F)(F)F)c1.Cl. The molecule has 1 unspecified atom stereocenters. The Bertz CT molecular complexity index is 298. The van der Waals surface area contributed by atoms with Crippen molar-refractivity contribution in [3.05, 3.63) is 35.4 Å². The van der Waals surface area contributed by atoms with Crippen LogP contribution in [0.5, 0.6) is 0 Å². The summed E-state index contributed by atoms with van der Waals surface area (Å²) in [5, 5.41) is 0. The van der Waals surface area contributed by atoms with Crippen molar-refractivity contribution in [1.29, 1.82) is 0 Å². The number of hydrogen-bond acceptors (Lipinski definition) is 1. The lowest BCUT2D eigenvalue weighted by Crippen LogP contribution is -2.28. The Kier molecular flexibility index (Phi) is 4.42. The fourth-order valence-electron chi connectivity index (χ4n) is 1.05. The van der Waals surface area contributed by atoms with Gasteiger partial charge in [-0.25, -0.2) is 0 Å². The first-order chi connectivity index (χ1) is 5.91. The summed E-state index contributed by atoms with van der Waals surface area (Å²) in [5.41, 5.74) is 5.90. The lowest BCUT2D eigenvalue weighted by atomic mass is 10.1. The van der Waals surface area contributed by atoms with Gasteiger partial charge in [0.2, 0.25) is 0 Å². The van der Waals surface area contributed by atoms with E-state index in [0.717, 1.165) is 5.56 Å². The molecule has 2 N–H and O–H groups in total. The third-order valence-corrected chi connectivity index (χ3v) is 1.75. The van der Waals surface area contributed by atoms with E-state index in [9.17, 15) is 13.2 Å². The van der Waals surface area contributed by atoms with E-state index >= 15 is 0 Å². The van der Waals surface area contributed by atoms with E-state index in [1.165, 1.54) is 12.1 Å². The van der Waals surface area contributed by atoms with Crippen LogP contribution < -0.4 is 5.73 Å². The van der Waals surface area contributed by atoms with Gasteiger partial charge >= 0.3 is 6.18 Å². The van der Waals surface area contributed by atoms with Gasteiger partial charge in [0, 0.05) is 0 Å². The highest BCUT2D eigenvalue weighted by Gasteiger charge is 2.37. The average Bonchev–Trinajstić information content (AvgIpc) is 2.01. The van der Waals surface area contributed by atoms with Gasteiger partial charge in [-0.1, -0.05) is 29.8 Å². The molecule has 80 valence electrons. The van der Waals surface area contributed by atoms with Crippen molar-refractivity contribution >= 4 is 12.4 Å². The number of aryl methyl sites for hydroxylation is 1. The zero-order valence-electron chi connectivity index (χ0n) is 7.51. The van der Waals surface area contributed by atoms with E-state index in [-0.39, 0.29) is 18.0 Å². The Morgan fingerprint density at radius 2 is 1.86 bits per heavy atom. The minimum absolute atomic E-state index is 0. The Labute approximate surface area is 86.5 Å². The molecule has 0 aliphatic carbocycles. The summed E-state index contributed by atoms with van der Waals surface area (Å²) in [6.45, 7) is 1.73. The minimum Gasteiger partial charge on any atom is -0.316 e. The quantitative estimate of drug-likeness (QED) is 0.781. The maximum atomic E-state index is 12.1. The molecule has 0 spiro atoms. The monoisotopic (exact) mass is 225 g/mol. The molecule has 0 saturated heterocycles. The Morgan fingerprint density at radius 3 is 2.29 bits per heavy atom. The molecule has 0 heterocycles. The van der Waals surface area contributed by atoms with Gasteiger partial charge < -0.3 is 5.73 Å². The van der Waals surface area contributed by atoms with E-state index in [1.807, 2.05) is 0 Å². The predicted molar refractivity (Wildman–Crippen MR) is 51.4 cm³/mol. The first-order valence-electron chi connectivity index (χ1n) is 3.80. The molecule has 5 heteroatoms. The highest BCUT2D eigenvalue weighted by atomic mass is 35.5. The second-order valence-electron chi connectivity index (χ2n) is 2.93. The number of halogens is 4. The van der Waals surface area contributed by atoms with Crippen molar-refractivity contribution in [2.45, 2.75) is 19.1 Å². The van der Waals surface area contributed by atoms with Crippen molar-refractivity contribution in [3.8, 4) is 0 Å². The molecule has 0 fully saturated rings.